The Kier molecular flexibility index (Phi) is 5.46. The van der Waals surface area contributed by atoms with Crippen LogP contribution in [0.5, 0.6) is 0 Å². The van der Waals surface area contributed by atoms with Gasteiger partial charge in [-0.3, -0.25) is 0 Å². The zero-order valence-electron chi connectivity index (χ0n) is 9.07. The summed E-state index contributed by atoms with van der Waals surface area (Å²) in [5.41, 5.74) is 0. The Morgan fingerprint density at radius 2 is 1.73 bits per heavy atom. The first kappa shape index (κ1) is 14.1. The van der Waals surface area contributed by atoms with E-state index in [-0.39, 0.29) is 4.90 Å². The minimum atomic E-state index is -3.77. The highest BCUT2D eigenvalue weighted by Crippen LogP contribution is 2.07. The first-order valence-corrected chi connectivity index (χ1v) is 6.06. The number of benzene rings is 1. The quantitative estimate of drug-likeness (QED) is 0.807. The second-order valence-electron chi connectivity index (χ2n) is 3.73. The van der Waals surface area contributed by atoms with E-state index in [0.29, 0.717) is 0 Å². The Labute approximate surface area is 90.2 Å². The predicted molar refractivity (Wildman–Crippen MR) is 58.3 cm³/mol. The fraction of sp³-hybridized carbons (Fsp3) is 0.400. The van der Waals surface area contributed by atoms with Gasteiger partial charge in [-0.1, -0.05) is 26.8 Å². The third-order valence-corrected chi connectivity index (χ3v) is 2.04. The third kappa shape index (κ3) is 7.04. The average Bonchev–Trinajstić information content (AvgIpc) is 2.01. The highest BCUT2D eigenvalue weighted by atomic mass is 32.2. The van der Waals surface area contributed by atoms with Crippen molar-refractivity contribution in [2.75, 3.05) is 0 Å². The molecule has 0 fully saturated rings. The molecule has 0 aliphatic rings. The van der Waals surface area contributed by atoms with Gasteiger partial charge in [0.05, 0.1) is 4.90 Å². The van der Waals surface area contributed by atoms with E-state index in [2.05, 4.69) is 20.8 Å². The second-order valence-corrected chi connectivity index (χ2v) is 5.30. The van der Waals surface area contributed by atoms with E-state index in [9.17, 15) is 12.8 Å². The van der Waals surface area contributed by atoms with Crippen LogP contribution in [0.1, 0.15) is 20.8 Å². The first-order chi connectivity index (χ1) is 6.73. The average molecular weight is 233 g/mol. The van der Waals surface area contributed by atoms with Gasteiger partial charge in [-0.05, 0) is 24.1 Å². The molecule has 0 heterocycles. The van der Waals surface area contributed by atoms with Crippen molar-refractivity contribution in [2.45, 2.75) is 25.7 Å². The standard InChI is InChI=1S/C6H6FNO2S.C4H10/c7-5-2-1-3-6(4-5)11(8,9)10;1-4(2)3/h1-4H,(H2,8,9,10);4H,1-3H3. The molecule has 15 heavy (non-hydrogen) atoms. The molecule has 5 heteroatoms. The Morgan fingerprint density at radius 3 is 2.00 bits per heavy atom. The minimum absolute atomic E-state index is 0.211. The minimum Gasteiger partial charge on any atom is -0.225 e. The van der Waals surface area contributed by atoms with Gasteiger partial charge < -0.3 is 0 Å². The van der Waals surface area contributed by atoms with Crippen molar-refractivity contribution in [1.29, 1.82) is 0 Å². The van der Waals surface area contributed by atoms with Gasteiger partial charge in [0.1, 0.15) is 5.82 Å². The van der Waals surface area contributed by atoms with Gasteiger partial charge in [0.15, 0.2) is 0 Å². The van der Waals surface area contributed by atoms with Gasteiger partial charge in [-0.15, -0.1) is 0 Å². The Morgan fingerprint density at radius 1 is 1.27 bits per heavy atom. The molecule has 86 valence electrons. The molecule has 0 amide bonds. The number of nitrogens with two attached hydrogens (primary N) is 1. The molecule has 0 unspecified atom stereocenters. The van der Waals surface area contributed by atoms with Crippen molar-refractivity contribution in [3.63, 3.8) is 0 Å². The summed E-state index contributed by atoms with van der Waals surface area (Å²) in [6.45, 7) is 6.50. The van der Waals surface area contributed by atoms with Crippen molar-refractivity contribution in [2.24, 2.45) is 11.1 Å². The molecule has 1 aromatic rings. The molecule has 0 aliphatic carbocycles. The maximum atomic E-state index is 12.4. The fourth-order valence-electron chi connectivity index (χ4n) is 0.644. The second kappa shape index (κ2) is 5.82. The highest BCUT2D eigenvalue weighted by molar-refractivity contribution is 7.89. The first-order valence-electron chi connectivity index (χ1n) is 4.52. The van der Waals surface area contributed by atoms with Gasteiger partial charge in [0.25, 0.3) is 0 Å². The molecule has 3 nitrogen and oxygen atoms in total. The van der Waals surface area contributed by atoms with E-state index in [1.807, 2.05) is 0 Å². The Hall–Kier alpha value is -0.940. The Balaban J connectivity index is 0.000000423. The summed E-state index contributed by atoms with van der Waals surface area (Å²) in [5.74, 6) is 0.219. The molecule has 0 saturated heterocycles. The van der Waals surface area contributed by atoms with Gasteiger partial charge in [0, 0.05) is 0 Å². The van der Waals surface area contributed by atoms with E-state index in [1.165, 1.54) is 12.1 Å². The topological polar surface area (TPSA) is 60.2 Å². The van der Waals surface area contributed by atoms with Gasteiger partial charge in [0.2, 0.25) is 10.0 Å². The third-order valence-electron chi connectivity index (χ3n) is 1.12. The van der Waals surface area contributed by atoms with Crippen LogP contribution in [0.3, 0.4) is 0 Å². The van der Waals surface area contributed by atoms with Crippen LogP contribution >= 0.6 is 0 Å². The molecule has 0 radical (unpaired) electrons. The van der Waals surface area contributed by atoms with Crippen molar-refractivity contribution in [3.05, 3.63) is 30.1 Å². The van der Waals surface area contributed by atoms with E-state index in [4.69, 9.17) is 5.14 Å². The number of halogens is 1. The van der Waals surface area contributed by atoms with Crippen molar-refractivity contribution < 1.29 is 12.8 Å². The molecule has 1 aromatic carbocycles. The summed E-state index contributed by atoms with van der Waals surface area (Å²) in [6.07, 6.45) is 0. The summed E-state index contributed by atoms with van der Waals surface area (Å²) in [4.78, 5) is -0.211. The lowest BCUT2D eigenvalue weighted by molar-refractivity contribution is 0.592. The maximum absolute atomic E-state index is 12.4. The van der Waals surface area contributed by atoms with E-state index >= 15 is 0 Å². The largest absolute Gasteiger partial charge is 0.238 e. The normalized spacial score (nSPS) is 10.8. The van der Waals surface area contributed by atoms with Crippen LogP contribution in [-0.2, 0) is 10.0 Å². The van der Waals surface area contributed by atoms with E-state index < -0.39 is 15.8 Å². The summed E-state index contributed by atoms with van der Waals surface area (Å²) in [7, 11) is -3.77. The van der Waals surface area contributed by atoms with Crippen LogP contribution in [0.4, 0.5) is 4.39 Å². The number of primary sulfonamides is 1. The summed E-state index contributed by atoms with van der Waals surface area (Å²) < 4.78 is 33.6. The van der Waals surface area contributed by atoms with Crippen LogP contribution in [-0.4, -0.2) is 8.42 Å². The van der Waals surface area contributed by atoms with Crippen LogP contribution in [0, 0.1) is 11.7 Å². The zero-order valence-corrected chi connectivity index (χ0v) is 9.88. The number of rotatable bonds is 1. The predicted octanol–water partition coefficient (Wildman–Crippen LogP) is 2.14. The molecule has 0 bridgehead atoms. The highest BCUT2D eigenvalue weighted by Gasteiger charge is 2.06. The summed E-state index contributed by atoms with van der Waals surface area (Å²) >= 11 is 0. The monoisotopic (exact) mass is 233 g/mol. The molecular formula is C10H16FNO2S. The van der Waals surface area contributed by atoms with Gasteiger partial charge >= 0.3 is 0 Å². The number of hydrogen-bond donors (Lipinski definition) is 1. The van der Waals surface area contributed by atoms with Crippen molar-refractivity contribution >= 4 is 10.0 Å². The number of hydrogen-bond acceptors (Lipinski definition) is 2. The smallest absolute Gasteiger partial charge is 0.225 e. The Bertz CT molecular complexity index is 399. The van der Waals surface area contributed by atoms with Gasteiger partial charge in [-0.2, -0.15) is 0 Å². The molecule has 1 rings (SSSR count). The lowest BCUT2D eigenvalue weighted by Gasteiger charge is -1.95. The molecule has 0 spiro atoms. The van der Waals surface area contributed by atoms with E-state index in [1.54, 1.807) is 0 Å². The van der Waals surface area contributed by atoms with Crippen LogP contribution in [0.2, 0.25) is 0 Å². The molecule has 0 saturated carbocycles. The number of sulfonamides is 1. The summed E-state index contributed by atoms with van der Waals surface area (Å²) in [5, 5.41) is 4.73. The van der Waals surface area contributed by atoms with Crippen LogP contribution < -0.4 is 5.14 Å². The molecule has 2 N–H and O–H groups in total. The lowest BCUT2D eigenvalue weighted by Crippen LogP contribution is -2.11. The van der Waals surface area contributed by atoms with Crippen molar-refractivity contribution in [3.8, 4) is 0 Å². The molecule has 0 atom stereocenters. The SMILES string of the molecule is CC(C)C.NS(=O)(=O)c1cccc(F)c1. The lowest BCUT2D eigenvalue weighted by atomic mass is 10.3. The van der Waals surface area contributed by atoms with Crippen molar-refractivity contribution in [1.82, 2.24) is 0 Å². The molecule has 0 aliphatic heterocycles. The van der Waals surface area contributed by atoms with Crippen LogP contribution in [0.25, 0.3) is 0 Å². The summed E-state index contributed by atoms with van der Waals surface area (Å²) in [6, 6.07) is 4.54. The zero-order chi connectivity index (χ0) is 12.1. The van der Waals surface area contributed by atoms with Gasteiger partial charge in [-0.25, -0.2) is 17.9 Å². The van der Waals surface area contributed by atoms with Crippen LogP contribution in [0.15, 0.2) is 29.2 Å². The molecule has 0 aromatic heterocycles. The maximum Gasteiger partial charge on any atom is 0.238 e. The fourth-order valence-corrected chi connectivity index (χ4v) is 1.19. The van der Waals surface area contributed by atoms with E-state index in [0.717, 1.165) is 18.1 Å². The molecular weight excluding hydrogens is 217 g/mol.